The summed E-state index contributed by atoms with van der Waals surface area (Å²) in [6.07, 6.45) is 20.3. The van der Waals surface area contributed by atoms with Gasteiger partial charge in [-0.2, -0.15) is 0 Å². The normalized spacial score (nSPS) is 12.7. The molecule has 0 bridgehead atoms. The van der Waals surface area contributed by atoms with Crippen molar-refractivity contribution in [3.05, 3.63) is 0 Å². The Labute approximate surface area is 191 Å². The molecule has 27 heavy (non-hydrogen) atoms. The first kappa shape index (κ1) is 30.1. The van der Waals surface area contributed by atoms with Crippen molar-refractivity contribution in [1.29, 1.82) is 0 Å². The van der Waals surface area contributed by atoms with Crippen LogP contribution in [0.3, 0.4) is 0 Å². The fourth-order valence-electron chi connectivity index (χ4n) is 3.38. The second-order valence-electron chi connectivity index (χ2n) is 7.80. The van der Waals surface area contributed by atoms with Gasteiger partial charge in [0.25, 0.3) is 0 Å². The zero-order valence-electron chi connectivity index (χ0n) is 18.1. The molecule has 0 aromatic rings. The van der Waals surface area contributed by atoms with Gasteiger partial charge in [-0.15, -0.1) is 0 Å². The van der Waals surface area contributed by atoms with Crippen LogP contribution in [0.15, 0.2) is 0 Å². The van der Waals surface area contributed by atoms with Crippen LogP contribution in [0.25, 0.3) is 0 Å². The van der Waals surface area contributed by atoms with E-state index in [4.69, 9.17) is 0 Å². The minimum absolute atomic E-state index is 0. The van der Waals surface area contributed by atoms with E-state index in [2.05, 4.69) is 6.92 Å². The van der Waals surface area contributed by atoms with Crippen LogP contribution in [-0.4, -0.2) is 29.9 Å². The summed E-state index contributed by atoms with van der Waals surface area (Å²) in [5.74, 6) is -0.224. The van der Waals surface area contributed by atoms with Gasteiger partial charge in [0.2, 0.25) is 0 Å². The Morgan fingerprint density at radius 3 is 1.37 bits per heavy atom. The second kappa shape index (κ2) is 21.6. The number of hydrogen-bond acceptors (Lipinski definition) is 4. The Morgan fingerprint density at radius 2 is 1.00 bits per heavy atom. The van der Waals surface area contributed by atoms with Gasteiger partial charge in [0.05, 0.1) is 16.2 Å². The molecule has 4 nitrogen and oxygen atoms in total. The molecular weight excluding hydrogens is 371 g/mol. The van der Waals surface area contributed by atoms with Crippen molar-refractivity contribution in [1.82, 2.24) is 0 Å². The summed E-state index contributed by atoms with van der Waals surface area (Å²) in [5, 5.41) is 10.0. The minimum Gasteiger partial charge on any atom is -0.748 e. The van der Waals surface area contributed by atoms with E-state index >= 15 is 0 Å². The number of hydrogen-bond donors (Lipinski definition) is 1. The van der Waals surface area contributed by atoms with Crippen molar-refractivity contribution in [2.24, 2.45) is 0 Å². The summed E-state index contributed by atoms with van der Waals surface area (Å²) in [6, 6.07) is 0. The fourth-order valence-corrected chi connectivity index (χ4v) is 3.94. The van der Waals surface area contributed by atoms with Crippen LogP contribution in [-0.2, 0) is 10.1 Å². The number of aliphatic hydroxyl groups is 1. The van der Waals surface area contributed by atoms with Crippen molar-refractivity contribution >= 4 is 10.1 Å². The topological polar surface area (TPSA) is 77.4 Å². The minimum atomic E-state index is -4.03. The summed E-state index contributed by atoms with van der Waals surface area (Å²) in [4.78, 5) is 0. The molecule has 158 valence electrons. The Balaban J connectivity index is 0. The zero-order valence-corrected chi connectivity index (χ0v) is 20.9. The number of rotatable bonds is 20. The summed E-state index contributed by atoms with van der Waals surface area (Å²) < 4.78 is 31.4. The van der Waals surface area contributed by atoms with E-state index in [-0.39, 0.29) is 41.4 Å². The standard InChI is InChI=1S/C21H44O4S.Na/c1-2-3-4-5-6-7-9-12-15-18-21(22)19-16-13-10-8-11-14-17-20-26(23,24)25;/h21-22H,2-20H2,1H3,(H,23,24,25);/q;+1/p-1. The van der Waals surface area contributed by atoms with Crippen LogP contribution in [0.5, 0.6) is 0 Å². The average molecular weight is 415 g/mol. The first-order valence-electron chi connectivity index (χ1n) is 11.1. The molecule has 6 heteroatoms. The molecule has 0 aliphatic rings. The van der Waals surface area contributed by atoms with Crippen molar-refractivity contribution in [3.8, 4) is 0 Å². The maximum Gasteiger partial charge on any atom is 1.00 e. The van der Waals surface area contributed by atoms with Gasteiger partial charge in [0.15, 0.2) is 0 Å². The van der Waals surface area contributed by atoms with Crippen LogP contribution < -0.4 is 29.6 Å². The molecule has 1 atom stereocenters. The predicted molar refractivity (Wildman–Crippen MR) is 109 cm³/mol. The van der Waals surface area contributed by atoms with E-state index in [1.54, 1.807) is 0 Å². The third-order valence-corrected chi connectivity index (χ3v) is 5.86. The van der Waals surface area contributed by atoms with Gasteiger partial charge in [-0.1, -0.05) is 103 Å². The van der Waals surface area contributed by atoms with Crippen LogP contribution in [0.1, 0.15) is 122 Å². The quantitative estimate of drug-likeness (QED) is 0.189. The first-order chi connectivity index (χ1) is 12.5. The summed E-state index contributed by atoms with van der Waals surface area (Å²) in [5.41, 5.74) is 0. The van der Waals surface area contributed by atoms with Crippen LogP contribution >= 0.6 is 0 Å². The Bertz CT molecular complexity index is 388. The molecule has 0 aliphatic heterocycles. The Hall–Kier alpha value is 0.870. The van der Waals surface area contributed by atoms with E-state index in [1.165, 1.54) is 51.4 Å². The maximum atomic E-state index is 10.5. The van der Waals surface area contributed by atoms with E-state index in [9.17, 15) is 18.1 Å². The van der Waals surface area contributed by atoms with Crippen LogP contribution in [0.2, 0.25) is 0 Å². The van der Waals surface area contributed by atoms with Gasteiger partial charge in [-0.25, -0.2) is 8.42 Å². The first-order valence-corrected chi connectivity index (χ1v) is 12.6. The Kier molecular flexibility index (Phi) is 24.0. The largest absolute Gasteiger partial charge is 1.00 e. The van der Waals surface area contributed by atoms with Gasteiger partial charge < -0.3 is 9.66 Å². The molecule has 0 spiro atoms. The SMILES string of the molecule is CCCCCCCCCCCC(O)CCCCCCCCCS(=O)(=O)[O-].[Na+]. The molecule has 0 heterocycles. The number of unbranched alkanes of at least 4 members (excludes halogenated alkanes) is 14. The third-order valence-electron chi connectivity index (χ3n) is 5.07. The van der Waals surface area contributed by atoms with Gasteiger partial charge in [0, 0.05) is 5.75 Å². The number of aliphatic hydroxyl groups excluding tert-OH is 1. The van der Waals surface area contributed by atoms with Crippen LogP contribution in [0, 0.1) is 0 Å². The van der Waals surface area contributed by atoms with Crippen LogP contribution in [0.4, 0.5) is 0 Å². The maximum absolute atomic E-state index is 10.5. The molecule has 1 unspecified atom stereocenters. The molecular formula is C21H43NaO4S. The van der Waals surface area contributed by atoms with Crippen molar-refractivity contribution in [2.45, 2.75) is 129 Å². The molecule has 0 aromatic heterocycles. The van der Waals surface area contributed by atoms with Gasteiger partial charge >= 0.3 is 29.6 Å². The average Bonchev–Trinajstić information content (AvgIpc) is 2.58. The molecule has 0 rings (SSSR count). The molecule has 0 aliphatic carbocycles. The zero-order chi connectivity index (χ0) is 19.5. The summed E-state index contributed by atoms with van der Waals surface area (Å²) >= 11 is 0. The fraction of sp³-hybridized carbons (Fsp3) is 1.00. The van der Waals surface area contributed by atoms with E-state index in [0.29, 0.717) is 6.42 Å². The molecule has 0 amide bonds. The van der Waals surface area contributed by atoms with Gasteiger partial charge in [-0.3, -0.25) is 0 Å². The van der Waals surface area contributed by atoms with Gasteiger partial charge in [-0.05, 0) is 19.3 Å². The second-order valence-corrected chi connectivity index (χ2v) is 9.32. The molecule has 0 fully saturated rings. The molecule has 0 saturated heterocycles. The smallest absolute Gasteiger partial charge is 0.748 e. The summed E-state index contributed by atoms with van der Waals surface area (Å²) in [7, 11) is -4.03. The van der Waals surface area contributed by atoms with Crippen molar-refractivity contribution < 1.29 is 47.6 Å². The molecule has 0 aromatic carbocycles. The predicted octanol–water partition coefficient (Wildman–Crippen LogP) is 2.94. The molecule has 0 radical (unpaired) electrons. The molecule has 1 N–H and O–H groups in total. The van der Waals surface area contributed by atoms with Crippen molar-refractivity contribution in [3.63, 3.8) is 0 Å². The molecule has 0 saturated carbocycles. The van der Waals surface area contributed by atoms with Gasteiger partial charge in [0.1, 0.15) is 0 Å². The van der Waals surface area contributed by atoms with E-state index in [1.807, 2.05) is 0 Å². The van der Waals surface area contributed by atoms with E-state index < -0.39 is 10.1 Å². The van der Waals surface area contributed by atoms with E-state index in [0.717, 1.165) is 57.8 Å². The van der Waals surface area contributed by atoms with Crippen molar-refractivity contribution in [2.75, 3.05) is 5.75 Å². The monoisotopic (exact) mass is 414 g/mol. The summed E-state index contributed by atoms with van der Waals surface area (Å²) in [6.45, 7) is 2.25. The Morgan fingerprint density at radius 1 is 0.667 bits per heavy atom. The third kappa shape index (κ3) is 26.9.